The number of nitrogens with zero attached hydrogens (tertiary/aromatic N) is 4. The number of aromatic nitrogens is 2. The molecule has 1 aromatic rings. The Morgan fingerprint density at radius 3 is 2.44 bits per heavy atom. The van der Waals surface area contributed by atoms with Gasteiger partial charge in [0.15, 0.2) is 0 Å². The quantitative estimate of drug-likeness (QED) is 0.0560. The molecule has 1 fully saturated rings. The number of ether oxygens (including phenoxy) is 2. The smallest absolute Gasteiger partial charge is 0.443 e. The summed E-state index contributed by atoms with van der Waals surface area (Å²) in [5.41, 5.74) is 6.21. The number of rotatable bonds is 12. The maximum Gasteiger partial charge on any atom is 0.444 e. The molecule has 0 aromatic carbocycles. The van der Waals surface area contributed by atoms with E-state index in [1.165, 1.54) is 27.7 Å². The topological polar surface area (TPSA) is 259 Å². The van der Waals surface area contributed by atoms with Crippen LogP contribution in [-0.2, 0) is 41.3 Å². The van der Waals surface area contributed by atoms with Gasteiger partial charge in [0, 0.05) is 23.1 Å². The van der Waals surface area contributed by atoms with Crippen LogP contribution in [0.15, 0.2) is 20.9 Å². The van der Waals surface area contributed by atoms with Crippen molar-refractivity contribution in [3.05, 3.63) is 43.0 Å². The summed E-state index contributed by atoms with van der Waals surface area (Å²) in [5.74, 6) is -1.03. The highest BCUT2D eigenvalue weighted by Crippen LogP contribution is 2.79. The number of halogens is 2. The first-order valence-electron chi connectivity index (χ1n) is 11.2. The monoisotopic (exact) mass is 649 g/mol. The summed E-state index contributed by atoms with van der Waals surface area (Å²) < 4.78 is 89.1. The van der Waals surface area contributed by atoms with E-state index in [0.29, 0.717) is 0 Å². The summed E-state index contributed by atoms with van der Waals surface area (Å²) in [6.07, 6.45) is -1.60. The van der Waals surface area contributed by atoms with Gasteiger partial charge in [-0.2, -0.15) is 8.78 Å². The van der Waals surface area contributed by atoms with Crippen LogP contribution >= 0.6 is 22.7 Å². The lowest BCUT2D eigenvalue weighted by Crippen LogP contribution is -2.33. The number of carbonyl (C=O) groups is 1. The van der Waals surface area contributed by atoms with Gasteiger partial charge < -0.3 is 35.9 Å². The molecule has 1 aliphatic rings. The molecule has 24 heteroatoms. The van der Waals surface area contributed by atoms with Gasteiger partial charge in [0.25, 0.3) is 5.56 Å². The lowest BCUT2D eigenvalue weighted by atomic mass is 9.98. The van der Waals surface area contributed by atoms with E-state index in [9.17, 15) is 46.6 Å². The molecule has 3 radical (unpaired) electrons. The van der Waals surface area contributed by atoms with Crippen LogP contribution in [0.25, 0.3) is 10.4 Å². The maximum absolute atomic E-state index is 14.5. The summed E-state index contributed by atoms with van der Waals surface area (Å²) in [4.78, 5) is 59.3. The van der Waals surface area contributed by atoms with Crippen LogP contribution in [-0.4, -0.2) is 63.8 Å². The zero-order valence-corrected chi connectivity index (χ0v) is 24.5. The SMILES string of the molecule is [B-]P(=O)(OC[C@H]1O[C@@H](n2cc(C)c(=O)[nH]c2=O)C[C@H]1N=[N+]=[N-])OP(=O)(O)C(F)(F)P(=O)(O)OCOC(=O)C(C)(C)C. The minimum atomic E-state index is -6.73. The van der Waals surface area contributed by atoms with Gasteiger partial charge in [0.2, 0.25) is 6.79 Å². The van der Waals surface area contributed by atoms with Crippen molar-refractivity contribution in [1.82, 2.24) is 9.55 Å². The fourth-order valence-electron chi connectivity index (χ4n) is 3.03. The molecule has 0 amide bonds. The molecule has 1 aliphatic heterocycles. The third kappa shape index (κ3) is 8.45. The summed E-state index contributed by atoms with van der Waals surface area (Å²) in [6.45, 7) is 2.99. The molecule has 0 aliphatic carbocycles. The Hall–Kier alpha value is -2.17. The number of aryl methyl sites for hydroxylation is 1. The Labute approximate surface area is 230 Å². The summed E-state index contributed by atoms with van der Waals surface area (Å²) in [5, 5.41) is -2.22. The van der Waals surface area contributed by atoms with Gasteiger partial charge in [-0.1, -0.05) is 5.11 Å². The average molecular weight is 649 g/mol. The average Bonchev–Trinajstić information content (AvgIpc) is 3.21. The largest absolute Gasteiger partial charge is 0.444 e. The molecular weight excluding hydrogens is 624 g/mol. The molecule has 0 bridgehead atoms. The van der Waals surface area contributed by atoms with Crippen molar-refractivity contribution >= 4 is 36.2 Å². The van der Waals surface area contributed by atoms with Crippen molar-refractivity contribution in [2.24, 2.45) is 10.5 Å². The van der Waals surface area contributed by atoms with E-state index < -0.39 is 82.5 Å². The zero-order chi connectivity index (χ0) is 31.6. The van der Waals surface area contributed by atoms with Gasteiger partial charge in [-0.3, -0.25) is 37.1 Å². The van der Waals surface area contributed by atoms with Gasteiger partial charge >= 0.3 is 32.3 Å². The number of hydrogen-bond donors (Lipinski definition) is 3. The first-order valence-corrected chi connectivity index (χ1v) is 15.9. The summed E-state index contributed by atoms with van der Waals surface area (Å²) in [6, 6.07) is -1.15. The predicted octanol–water partition coefficient (Wildman–Crippen LogP) is 2.61. The summed E-state index contributed by atoms with van der Waals surface area (Å²) in [7, 11) is -13.5. The molecule has 3 N–H and O–H groups in total. The van der Waals surface area contributed by atoms with Crippen LogP contribution in [0.1, 0.15) is 39.0 Å². The normalized spacial score (nSPS) is 24.0. The number of azide groups is 1. The summed E-state index contributed by atoms with van der Waals surface area (Å²) >= 11 is 0. The first-order chi connectivity index (χ1) is 18.5. The lowest BCUT2D eigenvalue weighted by Gasteiger charge is -2.33. The number of nitrogens with one attached hydrogen (secondary N) is 1. The van der Waals surface area contributed by atoms with Crippen molar-refractivity contribution in [2.45, 2.75) is 57.9 Å². The van der Waals surface area contributed by atoms with E-state index in [0.717, 1.165) is 10.8 Å². The van der Waals surface area contributed by atoms with Gasteiger partial charge in [0.05, 0.1) is 31.6 Å². The van der Waals surface area contributed by atoms with Gasteiger partial charge in [0.1, 0.15) is 6.23 Å². The van der Waals surface area contributed by atoms with Crippen LogP contribution in [0.2, 0.25) is 0 Å². The zero-order valence-electron chi connectivity index (χ0n) is 21.8. The molecule has 0 saturated carbocycles. The van der Waals surface area contributed by atoms with E-state index in [2.05, 4.69) is 28.1 Å². The second-order valence-corrected chi connectivity index (χ2v) is 15.3. The fraction of sp³-hybridized carbons (Fsp3) is 0.706. The van der Waals surface area contributed by atoms with Crippen LogP contribution in [0.5, 0.6) is 0 Å². The number of esters is 1. The third-order valence-electron chi connectivity index (χ3n) is 5.21. The van der Waals surface area contributed by atoms with E-state index >= 15 is 0 Å². The van der Waals surface area contributed by atoms with Gasteiger partial charge in [-0.15, -0.1) is 0 Å². The van der Waals surface area contributed by atoms with E-state index in [1.807, 2.05) is 4.98 Å². The number of carbonyl (C=O) groups excluding carboxylic acids is 1. The van der Waals surface area contributed by atoms with Crippen LogP contribution < -0.4 is 11.2 Å². The van der Waals surface area contributed by atoms with Crippen molar-refractivity contribution in [2.75, 3.05) is 13.4 Å². The molecule has 18 nitrogen and oxygen atoms in total. The highest BCUT2D eigenvalue weighted by atomic mass is 31.3. The highest BCUT2D eigenvalue weighted by Gasteiger charge is 2.67. The number of alkyl halides is 2. The molecule has 1 saturated heterocycles. The van der Waals surface area contributed by atoms with Crippen molar-refractivity contribution in [1.29, 1.82) is 0 Å². The number of hydrogen-bond acceptors (Lipinski definition) is 12. The predicted molar refractivity (Wildman–Crippen MR) is 134 cm³/mol. The maximum atomic E-state index is 14.5. The molecule has 2 heterocycles. The molecule has 1 aromatic heterocycles. The minimum Gasteiger partial charge on any atom is -0.443 e. The Bertz CT molecular complexity index is 1470. The third-order valence-corrected chi connectivity index (χ3v) is 10.9. The Morgan fingerprint density at radius 2 is 1.88 bits per heavy atom. The van der Waals surface area contributed by atoms with Crippen molar-refractivity contribution in [3.8, 4) is 0 Å². The van der Waals surface area contributed by atoms with E-state index in [1.54, 1.807) is 0 Å². The fourth-order valence-corrected chi connectivity index (χ4v) is 7.33. The highest BCUT2D eigenvalue weighted by molar-refractivity contribution is 7.86. The second kappa shape index (κ2) is 12.6. The van der Waals surface area contributed by atoms with E-state index in [-0.39, 0.29) is 12.0 Å². The molecule has 229 valence electrons. The van der Waals surface area contributed by atoms with Gasteiger partial charge in [-0.25, -0.2) is 4.79 Å². The molecular formula is C17H25BF2N5O13P3-. The Kier molecular flexibility index (Phi) is 10.8. The van der Waals surface area contributed by atoms with Crippen molar-refractivity contribution in [3.63, 3.8) is 0 Å². The molecule has 6 atom stereocenters. The standard InChI is InChI=1S/C17H25BF2N5O13P3/c1-9-6-25(15(28)22-13(9)26)12-5-10(23-24-21)11(37-12)7-35-41(18,33)38-40(31,32)17(19,20)39(29,30)36-8-34-14(27)16(2,3)4/h6,10-12H,5,7-8H2,1-4H3,(H,29,30)(H,31,32)(H,22,26,28)/q-1/t10-,11-,12-,41?/m1/s1. The molecule has 0 spiro atoms. The molecule has 41 heavy (non-hydrogen) atoms. The van der Waals surface area contributed by atoms with Crippen molar-refractivity contribution < 1.29 is 59.9 Å². The number of aromatic amines is 1. The van der Waals surface area contributed by atoms with Crippen LogP contribution in [0.3, 0.4) is 0 Å². The Morgan fingerprint density at radius 1 is 1.27 bits per heavy atom. The number of H-pyrrole nitrogens is 1. The first kappa shape index (κ1) is 35.0. The van der Waals surface area contributed by atoms with Crippen LogP contribution in [0, 0.1) is 12.3 Å². The molecule has 3 unspecified atom stereocenters. The van der Waals surface area contributed by atoms with Gasteiger partial charge in [-0.05, 0) is 33.2 Å². The molecule has 2 rings (SSSR count). The second-order valence-electron chi connectivity index (χ2n) is 9.51. The van der Waals surface area contributed by atoms with E-state index in [4.69, 9.17) is 17.8 Å². The van der Waals surface area contributed by atoms with Crippen LogP contribution in [0.4, 0.5) is 8.78 Å². The lowest BCUT2D eigenvalue weighted by molar-refractivity contribution is -0.160. The Balaban J connectivity index is 2.13. The minimum absolute atomic E-state index is 0.116.